The predicted molar refractivity (Wildman–Crippen MR) is 82.0 cm³/mol. The van der Waals surface area contributed by atoms with Gasteiger partial charge >= 0.3 is 13.3 Å². The predicted octanol–water partition coefficient (Wildman–Crippen LogP) is 2.02. The van der Waals surface area contributed by atoms with Crippen molar-refractivity contribution in [3.05, 3.63) is 35.9 Å². The van der Waals surface area contributed by atoms with Gasteiger partial charge in [0.2, 0.25) is 0 Å². The number of rotatable bonds is 5. The first-order valence-corrected chi connectivity index (χ1v) is 9.91. The number of ether oxygens (including phenoxy) is 1. The van der Waals surface area contributed by atoms with Gasteiger partial charge in [0, 0.05) is 5.56 Å². The molecule has 0 aliphatic heterocycles. The Labute approximate surface area is 130 Å². The van der Waals surface area contributed by atoms with E-state index in [0.29, 0.717) is 5.56 Å². The topological polar surface area (TPSA) is 82.0 Å². The smallest absolute Gasteiger partial charge is 0.383 e. The maximum atomic E-state index is 11.6. The molecule has 6 nitrogen and oxygen atoms in total. The number of carbonyl (C=O) groups is 1. The molecule has 0 N–H and O–H groups in total. The van der Waals surface area contributed by atoms with Crippen molar-refractivity contribution in [3.63, 3.8) is 0 Å². The molecule has 0 unspecified atom stereocenters. The van der Waals surface area contributed by atoms with E-state index in [0.717, 1.165) is 21.2 Å². The quantitative estimate of drug-likeness (QED) is 0.156. The Kier molecular flexibility index (Phi) is 6.28. The molecule has 0 atom stereocenters. The summed E-state index contributed by atoms with van der Waals surface area (Å²) in [5.74, 6) is -0.754. The average molecular weight is 495 g/mol. The molecular weight excluding hydrogens is 488 g/mol. The average Bonchev–Trinajstić information content (AvgIpc) is 2.29. The summed E-state index contributed by atoms with van der Waals surface area (Å²) in [6, 6.07) is 8.30. The molecule has 0 spiro atoms. The lowest BCUT2D eigenvalue weighted by Gasteiger charge is -2.04. The second kappa shape index (κ2) is 7.23. The zero-order valence-corrected chi connectivity index (χ0v) is 13.9. The van der Waals surface area contributed by atoms with Gasteiger partial charge in [-0.1, -0.05) is 35.5 Å². The first kappa shape index (κ1) is 15.6. The Morgan fingerprint density at radius 2 is 1.89 bits per heavy atom. The van der Waals surface area contributed by atoms with Gasteiger partial charge in [0.1, 0.15) is 25.8 Å². The van der Waals surface area contributed by atoms with Gasteiger partial charge in [0.05, 0.1) is 0 Å². The Bertz CT molecular complexity index is 543. The van der Waals surface area contributed by atoms with Crippen molar-refractivity contribution >= 4 is 62.8 Å². The summed E-state index contributed by atoms with van der Waals surface area (Å²) in [5, 5.41) is 3.33. The van der Waals surface area contributed by atoms with E-state index < -0.39 is 13.3 Å². The molecule has 0 fully saturated rings. The van der Waals surface area contributed by atoms with Crippen molar-refractivity contribution in [1.29, 1.82) is 0 Å². The van der Waals surface area contributed by atoms with Crippen LogP contribution < -0.4 is 0 Å². The lowest BCUT2D eigenvalue weighted by molar-refractivity contribution is -0.133. The molecule has 0 aromatic heterocycles. The van der Waals surface area contributed by atoms with Crippen molar-refractivity contribution < 1.29 is 22.2 Å². The summed E-state index contributed by atoms with van der Waals surface area (Å²) < 4.78 is 30.8. The van der Waals surface area contributed by atoms with Crippen molar-refractivity contribution in [3.8, 4) is 0 Å². The van der Waals surface area contributed by atoms with Crippen LogP contribution in [0.25, 0.3) is 0 Å². The normalized spacial score (nSPS) is 12.0. The molecule has 0 saturated carbocycles. The van der Waals surface area contributed by atoms with Gasteiger partial charge < -0.3 is 4.74 Å². The molecule has 0 heterocycles. The van der Waals surface area contributed by atoms with Crippen LogP contribution in [0.5, 0.6) is 0 Å². The number of oxime groups is 1. The molecule has 9 heteroatoms. The second-order valence-corrected chi connectivity index (χ2v) is 7.61. The summed E-state index contributed by atoms with van der Waals surface area (Å²) in [7, 11) is -3.80. The first-order chi connectivity index (χ1) is 8.44. The molecule has 1 aromatic carbocycles. The third kappa shape index (κ3) is 5.48. The highest BCUT2D eigenvalue weighted by Gasteiger charge is 2.17. The number of hydrogen-bond acceptors (Lipinski definition) is 6. The highest BCUT2D eigenvalue weighted by molar-refractivity contribution is 14.2. The van der Waals surface area contributed by atoms with E-state index in [-0.39, 0.29) is 10.3 Å². The van der Waals surface area contributed by atoms with Crippen molar-refractivity contribution in [2.75, 3.05) is 4.61 Å². The summed E-state index contributed by atoms with van der Waals surface area (Å²) in [4.78, 5) is 11.6. The van der Waals surface area contributed by atoms with E-state index in [1.165, 1.54) is 0 Å². The van der Waals surface area contributed by atoms with Crippen LogP contribution in [-0.4, -0.2) is 24.7 Å². The van der Waals surface area contributed by atoms with Gasteiger partial charge in [-0.15, -0.1) is 0 Å². The Morgan fingerprint density at radius 1 is 1.28 bits per heavy atom. The van der Waals surface area contributed by atoms with Gasteiger partial charge in [-0.25, -0.2) is 4.79 Å². The lowest BCUT2D eigenvalue weighted by Crippen LogP contribution is -2.19. The van der Waals surface area contributed by atoms with Gasteiger partial charge in [-0.2, -0.15) is 8.42 Å². The first-order valence-electron chi connectivity index (χ1n) is 4.44. The van der Waals surface area contributed by atoms with E-state index in [2.05, 4.69) is 9.44 Å². The SMILES string of the molecule is O=C(OCI)C(=NOS(=O)(=O)I)c1ccccc1. The van der Waals surface area contributed by atoms with E-state index in [1.54, 1.807) is 30.3 Å². The van der Waals surface area contributed by atoms with E-state index >= 15 is 0 Å². The van der Waals surface area contributed by atoms with Crippen LogP contribution in [0.4, 0.5) is 0 Å². The molecular formula is C9H7I2NO5S. The molecule has 18 heavy (non-hydrogen) atoms. The molecule has 0 saturated heterocycles. The number of hydrogen-bond donors (Lipinski definition) is 0. The van der Waals surface area contributed by atoms with Crippen LogP contribution in [0.15, 0.2) is 35.5 Å². The fourth-order valence-corrected chi connectivity index (χ4v) is 1.69. The van der Waals surface area contributed by atoms with Gasteiger partial charge in [0.25, 0.3) is 0 Å². The second-order valence-electron chi connectivity index (χ2n) is 2.81. The van der Waals surface area contributed by atoms with Crippen LogP contribution >= 0.6 is 43.8 Å². The molecule has 1 rings (SSSR count). The zero-order chi connectivity index (χ0) is 13.6. The van der Waals surface area contributed by atoms with Crippen molar-refractivity contribution in [2.24, 2.45) is 5.16 Å². The highest BCUT2D eigenvalue weighted by Crippen LogP contribution is 2.09. The van der Waals surface area contributed by atoms with Crippen LogP contribution in [0.3, 0.4) is 0 Å². The number of carbonyl (C=O) groups excluding carboxylic acids is 1. The summed E-state index contributed by atoms with van der Waals surface area (Å²) in [6.45, 7) is 0. The van der Waals surface area contributed by atoms with Crippen LogP contribution in [0.2, 0.25) is 0 Å². The molecule has 0 radical (unpaired) electrons. The summed E-state index contributed by atoms with van der Waals surface area (Å²) in [6.07, 6.45) is 0. The minimum Gasteiger partial charge on any atom is -0.450 e. The van der Waals surface area contributed by atoms with Crippen molar-refractivity contribution in [2.45, 2.75) is 0 Å². The van der Waals surface area contributed by atoms with E-state index in [9.17, 15) is 13.2 Å². The number of nitrogens with zero attached hydrogens (tertiary/aromatic N) is 1. The summed E-state index contributed by atoms with van der Waals surface area (Å²) >= 11 is 2.90. The third-order valence-electron chi connectivity index (χ3n) is 1.64. The van der Waals surface area contributed by atoms with Gasteiger partial charge in [0.15, 0.2) is 5.71 Å². The monoisotopic (exact) mass is 495 g/mol. The molecule has 0 aliphatic carbocycles. The lowest BCUT2D eigenvalue weighted by atomic mass is 10.1. The van der Waals surface area contributed by atoms with Gasteiger partial charge in [-0.3, -0.25) is 4.28 Å². The minimum absolute atomic E-state index is 0.124. The number of benzene rings is 1. The Morgan fingerprint density at radius 3 is 2.39 bits per heavy atom. The standard InChI is InChI=1S/C9H7I2NO5S/c10-6-16-9(13)8(12-17-18(11,14)15)7-4-2-1-3-5-7/h1-5H,6H2. The third-order valence-corrected chi connectivity index (χ3v) is 2.69. The molecule has 0 amide bonds. The number of alkyl halides is 1. The fourth-order valence-electron chi connectivity index (χ4n) is 1.00. The van der Waals surface area contributed by atoms with Crippen molar-refractivity contribution in [1.82, 2.24) is 0 Å². The van der Waals surface area contributed by atoms with Crippen LogP contribution in [0, 0.1) is 0 Å². The van der Waals surface area contributed by atoms with Gasteiger partial charge in [-0.05, 0) is 22.6 Å². The van der Waals surface area contributed by atoms with Crippen LogP contribution in [-0.2, 0) is 21.1 Å². The van der Waals surface area contributed by atoms with Crippen LogP contribution in [0.1, 0.15) is 5.56 Å². The Hall–Kier alpha value is -0.430. The summed E-state index contributed by atoms with van der Waals surface area (Å²) in [5.41, 5.74) is 0.208. The number of esters is 1. The molecule has 0 aliphatic rings. The molecule has 1 aromatic rings. The maximum absolute atomic E-state index is 11.6. The minimum atomic E-state index is -3.80. The number of halogens is 2. The largest absolute Gasteiger partial charge is 0.450 e. The van der Waals surface area contributed by atoms with E-state index in [4.69, 9.17) is 4.74 Å². The fraction of sp³-hybridized carbons (Fsp3) is 0.111. The highest BCUT2D eigenvalue weighted by atomic mass is 127. The maximum Gasteiger partial charge on any atom is 0.383 e. The molecule has 98 valence electrons. The molecule has 0 bridgehead atoms. The van der Waals surface area contributed by atoms with E-state index in [1.807, 2.05) is 22.6 Å². The Balaban J connectivity index is 3.07. The zero-order valence-electron chi connectivity index (χ0n) is 8.75.